The van der Waals surface area contributed by atoms with Crippen molar-refractivity contribution in [3.63, 3.8) is 0 Å². The zero-order valence-corrected chi connectivity index (χ0v) is 22.0. The highest BCUT2D eigenvalue weighted by molar-refractivity contribution is 8.03. The molecule has 0 spiro atoms. The van der Waals surface area contributed by atoms with Crippen LogP contribution in [-0.2, 0) is 20.9 Å². The fourth-order valence-electron chi connectivity index (χ4n) is 5.93. The number of thioether (sulfide) groups is 1. The van der Waals surface area contributed by atoms with E-state index < -0.39 is 18.0 Å². The van der Waals surface area contributed by atoms with Crippen LogP contribution >= 0.6 is 11.8 Å². The van der Waals surface area contributed by atoms with Gasteiger partial charge in [-0.15, -0.1) is 11.8 Å². The standard InChI is InChI=1S/C26H35N3O5S/c1-13-7-14(2)9-17(8-13)11-28-12-18(10-19(28)24(31)27(5)6)35-23-15(3)21-20(16(4)30)25(32)29(21)22(23)26(33)34/h7-9,15-16,18-21,30H,10-12H2,1-6H3,(H,33,34)/t15-,16-,18+,19+,20-,21-/m1/s1. The molecular formula is C26H35N3O5S. The molecule has 1 aromatic carbocycles. The fraction of sp³-hybridized carbons (Fsp3) is 0.577. The maximum absolute atomic E-state index is 13.1. The van der Waals surface area contributed by atoms with Crippen LogP contribution in [0.25, 0.3) is 0 Å². The number of aliphatic carboxylic acids is 1. The van der Waals surface area contributed by atoms with Crippen molar-refractivity contribution in [3.8, 4) is 0 Å². The molecule has 3 heterocycles. The largest absolute Gasteiger partial charge is 0.477 e. The normalized spacial score (nSPS) is 29.3. The number of amides is 2. The van der Waals surface area contributed by atoms with Gasteiger partial charge in [0.15, 0.2) is 0 Å². The van der Waals surface area contributed by atoms with Gasteiger partial charge in [-0.25, -0.2) is 4.79 Å². The van der Waals surface area contributed by atoms with E-state index in [0.29, 0.717) is 24.4 Å². The van der Waals surface area contributed by atoms with Gasteiger partial charge in [0.2, 0.25) is 11.8 Å². The molecule has 0 aliphatic carbocycles. The van der Waals surface area contributed by atoms with Crippen LogP contribution in [0.1, 0.15) is 37.0 Å². The first-order valence-electron chi connectivity index (χ1n) is 12.1. The van der Waals surface area contributed by atoms with Crippen LogP contribution in [0.5, 0.6) is 0 Å². The van der Waals surface area contributed by atoms with Gasteiger partial charge in [0.1, 0.15) is 5.70 Å². The number of benzene rings is 1. The summed E-state index contributed by atoms with van der Waals surface area (Å²) < 4.78 is 0. The first-order valence-corrected chi connectivity index (χ1v) is 13.0. The van der Waals surface area contributed by atoms with E-state index in [4.69, 9.17) is 0 Å². The molecule has 2 fully saturated rings. The Balaban J connectivity index is 1.59. The number of aliphatic hydroxyl groups excluding tert-OH is 1. The lowest BCUT2D eigenvalue weighted by atomic mass is 9.79. The lowest BCUT2D eigenvalue weighted by molar-refractivity contribution is -0.163. The van der Waals surface area contributed by atoms with E-state index in [2.05, 4.69) is 36.9 Å². The summed E-state index contributed by atoms with van der Waals surface area (Å²) in [5.74, 6) is -2.17. The first kappa shape index (κ1) is 25.7. The highest BCUT2D eigenvalue weighted by Crippen LogP contribution is 2.52. The number of carboxylic acids is 1. The van der Waals surface area contributed by atoms with E-state index >= 15 is 0 Å². The van der Waals surface area contributed by atoms with Gasteiger partial charge in [-0.2, -0.15) is 0 Å². The molecule has 8 nitrogen and oxygen atoms in total. The highest BCUT2D eigenvalue weighted by atomic mass is 32.2. The molecule has 1 aromatic rings. The summed E-state index contributed by atoms with van der Waals surface area (Å²) in [5, 5.41) is 20.1. The van der Waals surface area contributed by atoms with E-state index in [1.165, 1.54) is 27.8 Å². The lowest BCUT2D eigenvalue weighted by Gasteiger charge is -2.46. The molecule has 0 bridgehead atoms. The summed E-state index contributed by atoms with van der Waals surface area (Å²) in [7, 11) is 3.52. The van der Waals surface area contributed by atoms with Crippen molar-refractivity contribution < 1.29 is 24.6 Å². The summed E-state index contributed by atoms with van der Waals surface area (Å²) >= 11 is 1.49. The van der Waals surface area contributed by atoms with E-state index in [-0.39, 0.29) is 40.8 Å². The molecule has 0 aromatic heterocycles. The zero-order valence-electron chi connectivity index (χ0n) is 21.2. The van der Waals surface area contributed by atoms with Crippen molar-refractivity contribution in [3.05, 3.63) is 45.5 Å². The maximum atomic E-state index is 13.1. The third-order valence-corrected chi connectivity index (χ3v) is 8.86. The molecule has 0 unspecified atom stereocenters. The minimum atomic E-state index is -1.12. The monoisotopic (exact) mass is 501 g/mol. The number of nitrogens with zero attached hydrogens (tertiary/aromatic N) is 3. The molecule has 4 rings (SSSR count). The van der Waals surface area contributed by atoms with Gasteiger partial charge in [-0.1, -0.05) is 36.2 Å². The van der Waals surface area contributed by atoms with E-state index in [9.17, 15) is 24.6 Å². The van der Waals surface area contributed by atoms with Crippen molar-refractivity contribution >= 4 is 29.5 Å². The number of rotatable bonds is 7. The van der Waals surface area contributed by atoms with Crippen LogP contribution in [0.15, 0.2) is 28.8 Å². The average molecular weight is 502 g/mol. The molecule has 2 amide bonds. The Kier molecular flexibility index (Phi) is 7.05. The molecule has 2 saturated heterocycles. The van der Waals surface area contributed by atoms with Crippen LogP contribution in [0.4, 0.5) is 0 Å². The van der Waals surface area contributed by atoms with Crippen LogP contribution in [0, 0.1) is 25.7 Å². The van der Waals surface area contributed by atoms with Crippen LogP contribution in [0.2, 0.25) is 0 Å². The van der Waals surface area contributed by atoms with Crippen molar-refractivity contribution in [2.24, 2.45) is 11.8 Å². The number of carbonyl (C=O) groups excluding carboxylic acids is 2. The third kappa shape index (κ3) is 4.61. The molecule has 9 heteroatoms. The van der Waals surface area contributed by atoms with Gasteiger partial charge in [0.25, 0.3) is 0 Å². The van der Waals surface area contributed by atoms with Crippen molar-refractivity contribution in [1.29, 1.82) is 0 Å². The van der Waals surface area contributed by atoms with Gasteiger partial charge in [-0.05, 0) is 32.8 Å². The van der Waals surface area contributed by atoms with Crippen molar-refractivity contribution in [2.75, 3.05) is 20.6 Å². The Labute approximate surface area is 210 Å². The second-order valence-corrected chi connectivity index (χ2v) is 11.8. The van der Waals surface area contributed by atoms with Gasteiger partial charge >= 0.3 is 5.97 Å². The Hall–Kier alpha value is -2.36. The minimum Gasteiger partial charge on any atom is -0.477 e. The number of fused-ring (bicyclic) bond motifs is 1. The molecular weight excluding hydrogens is 466 g/mol. The summed E-state index contributed by atoms with van der Waals surface area (Å²) in [4.78, 5) is 43.7. The van der Waals surface area contributed by atoms with Crippen LogP contribution in [0.3, 0.4) is 0 Å². The predicted molar refractivity (Wildman–Crippen MR) is 134 cm³/mol. The Morgan fingerprint density at radius 3 is 2.37 bits per heavy atom. The Morgan fingerprint density at radius 1 is 1.20 bits per heavy atom. The number of carboxylic acid groups (broad SMARTS) is 1. The topological polar surface area (TPSA) is 101 Å². The quantitative estimate of drug-likeness (QED) is 0.553. The Morgan fingerprint density at radius 2 is 1.83 bits per heavy atom. The van der Waals surface area contributed by atoms with Crippen molar-refractivity contribution in [1.82, 2.24) is 14.7 Å². The second-order valence-electron chi connectivity index (χ2n) is 10.4. The fourth-order valence-corrected chi connectivity index (χ4v) is 7.48. The highest BCUT2D eigenvalue weighted by Gasteiger charge is 2.60. The van der Waals surface area contributed by atoms with Crippen molar-refractivity contribution in [2.45, 2.75) is 64.1 Å². The number of aliphatic hydroxyl groups is 1. The molecule has 3 aliphatic heterocycles. The summed E-state index contributed by atoms with van der Waals surface area (Å²) in [6.07, 6.45) is -0.221. The number of aryl methyl sites for hydroxylation is 2. The molecule has 190 valence electrons. The number of β-lactam (4-membered cyclic amide) rings is 1. The van der Waals surface area contributed by atoms with Gasteiger partial charge in [-0.3, -0.25) is 14.5 Å². The number of carbonyl (C=O) groups is 3. The molecule has 6 atom stereocenters. The number of hydrogen-bond acceptors (Lipinski definition) is 6. The molecule has 0 radical (unpaired) electrons. The van der Waals surface area contributed by atoms with Gasteiger partial charge in [0.05, 0.1) is 24.1 Å². The molecule has 3 aliphatic rings. The zero-order chi connectivity index (χ0) is 25.8. The van der Waals surface area contributed by atoms with E-state index in [1.54, 1.807) is 25.9 Å². The van der Waals surface area contributed by atoms with E-state index in [1.807, 2.05) is 6.92 Å². The SMILES string of the molecule is Cc1cc(C)cc(CN2C[C@@H](SC3=C(C(=O)O)N4C(=O)[C@H]([C@@H](C)O)[C@H]4[C@H]3C)C[C@H]2C(=O)N(C)C)c1. The lowest BCUT2D eigenvalue weighted by Crippen LogP contribution is -2.63. The molecule has 2 N–H and O–H groups in total. The molecule has 0 saturated carbocycles. The predicted octanol–water partition coefficient (Wildman–Crippen LogP) is 2.22. The van der Waals surface area contributed by atoms with Gasteiger partial charge in [0, 0.05) is 43.3 Å². The first-order chi connectivity index (χ1) is 16.4. The van der Waals surface area contributed by atoms with Crippen LogP contribution < -0.4 is 0 Å². The van der Waals surface area contributed by atoms with Gasteiger partial charge < -0.3 is 20.0 Å². The Bertz CT molecular complexity index is 1060. The number of likely N-dealkylation sites (tertiary alicyclic amines) is 1. The number of likely N-dealkylation sites (N-methyl/N-ethyl adjacent to an activating group) is 1. The van der Waals surface area contributed by atoms with E-state index in [0.717, 1.165) is 5.56 Å². The average Bonchev–Trinajstić information content (AvgIpc) is 3.23. The maximum Gasteiger partial charge on any atom is 0.353 e. The van der Waals surface area contributed by atoms with Crippen LogP contribution in [-0.4, -0.2) is 86.8 Å². The molecule has 35 heavy (non-hydrogen) atoms. The smallest absolute Gasteiger partial charge is 0.353 e. The second kappa shape index (κ2) is 9.59. The third-order valence-electron chi connectivity index (χ3n) is 7.36. The summed E-state index contributed by atoms with van der Waals surface area (Å²) in [6.45, 7) is 8.92. The minimum absolute atomic E-state index is 0.0143. The number of hydrogen-bond donors (Lipinski definition) is 2. The summed E-state index contributed by atoms with van der Waals surface area (Å²) in [5.41, 5.74) is 3.55. The summed E-state index contributed by atoms with van der Waals surface area (Å²) in [6, 6.07) is 5.78.